The average Bonchev–Trinajstić information content (AvgIpc) is 2.43. The van der Waals surface area contributed by atoms with Crippen LogP contribution in [0.2, 0.25) is 0 Å². The molecule has 1 N–H and O–H groups in total. The van der Waals surface area contributed by atoms with E-state index in [0.717, 1.165) is 24.0 Å². The number of phenols is 1. The molecule has 3 rings (SSSR count). The maximum Gasteiger partial charge on any atom is 0.336 e. The van der Waals surface area contributed by atoms with E-state index in [1.54, 1.807) is 18.2 Å². The largest absolute Gasteiger partial charge is 0.507 e. The molecule has 19 heavy (non-hydrogen) atoms. The maximum atomic E-state index is 11.4. The Morgan fingerprint density at radius 1 is 1.11 bits per heavy atom. The quantitative estimate of drug-likeness (QED) is 0.842. The van der Waals surface area contributed by atoms with E-state index >= 15 is 0 Å². The van der Waals surface area contributed by atoms with Gasteiger partial charge in [-0.15, -0.1) is 0 Å². The van der Waals surface area contributed by atoms with E-state index < -0.39 is 0 Å². The van der Waals surface area contributed by atoms with Gasteiger partial charge in [-0.3, -0.25) is 4.90 Å². The van der Waals surface area contributed by atoms with E-state index in [1.807, 2.05) is 0 Å². The Labute approximate surface area is 111 Å². The van der Waals surface area contributed by atoms with Crippen molar-refractivity contribution in [2.24, 2.45) is 0 Å². The second-order valence-corrected chi connectivity index (χ2v) is 5.07. The van der Waals surface area contributed by atoms with Gasteiger partial charge in [0.15, 0.2) is 0 Å². The number of likely N-dealkylation sites (tertiary alicyclic amines) is 1. The highest BCUT2D eigenvalue weighted by molar-refractivity contribution is 5.81. The van der Waals surface area contributed by atoms with E-state index in [4.69, 9.17) is 4.42 Å². The fourth-order valence-corrected chi connectivity index (χ4v) is 2.67. The SMILES string of the molecule is O=c1ccc2ccc(O)c(CN3CCCCC3)c2o1. The number of piperidine rings is 1. The fourth-order valence-electron chi connectivity index (χ4n) is 2.67. The molecule has 4 heteroatoms. The number of hydrogen-bond acceptors (Lipinski definition) is 4. The first-order valence-corrected chi connectivity index (χ1v) is 6.71. The van der Waals surface area contributed by atoms with Gasteiger partial charge in [-0.1, -0.05) is 6.42 Å². The molecule has 0 radical (unpaired) electrons. The summed E-state index contributed by atoms with van der Waals surface area (Å²) >= 11 is 0. The summed E-state index contributed by atoms with van der Waals surface area (Å²) in [4.78, 5) is 13.7. The minimum Gasteiger partial charge on any atom is -0.507 e. The molecule has 2 aromatic rings. The molecule has 0 aliphatic carbocycles. The van der Waals surface area contributed by atoms with Crippen LogP contribution in [0, 0.1) is 0 Å². The van der Waals surface area contributed by atoms with Crippen molar-refractivity contribution >= 4 is 11.0 Å². The number of benzene rings is 1. The number of aromatic hydroxyl groups is 1. The Morgan fingerprint density at radius 3 is 2.63 bits per heavy atom. The van der Waals surface area contributed by atoms with Crippen molar-refractivity contribution in [2.45, 2.75) is 25.8 Å². The summed E-state index contributed by atoms with van der Waals surface area (Å²) in [5.41, 5.74) is 0.855. The second kappa shape index (κ2) is 5.05. The molecule has 1 aromatic carbocycles. The first kappa shape index (κ1) is 12.2. The second-order valence-electron chi connectivity index (χ2n) is 5.07. The zero-order chi connectivity index (χ0) is 13.2. The van der Waals surface area contributed by atoms with Crippen LogP contribution in [-0.4, -0.2) is 23.1 Å². The molecule has 2 heterocycles. The lowest BCUT2D eigenvalue weighted by atomic mass is 10.1. The van der Waals surface area contributed by atoms with Crippen LogP contribution in [0.4, 0.5) is 0 Å². The van der Waals surface area contributed by atoms with Gasteiger partial charge in [-0.05, 0) is 44.1 Å². The lowest BCUT2D eigenvalue weighted by Crippen LogP contribution is -2.29. The third-order valence-corrected chi connectivity index (χ3v) is 3.70. The molecule has 1 aliphatic heterocycles. The number of nitrogens with zero attached hydrogens (tertiary/aromatic N) is 1. The van der Waals surface area contributed by atoms with E-state index in [9.17, 15) is 9.90 Å². The van der Waals surface area contributed by atoms with E-state index in [0.29, 0.717) is 12.1 Å². The Balaban J connectivity index is 2.02. The average molecular weight is 259 g/mol. The molecule has 0 unspecified atom stereocenters. The van der Waals surface area contributed by atoms with Gasteiger partial charge in [-0.2, -0.15) is 0 Å². The van der Waals surface area contributed by atoms with Gasteiger partial charge in [0.1, 0.15) is 11.3 Å². The number of fused-ring (bicyclic) bond motifs is 1. The molecule has 0 saturated carbocycles. The number of hydrogen-bond donors (Lipinski definition) is 1. The van der Waals surface area contributed by atoms with Gasteiger partial charge in [0, 0.05) is 18.0 Å². The van der Waals surface area contributed by atoms with Crippen LogP contribution in [0.3, 0.4) is 0 Å². The van der Waals surface area contributed by atoms with Crippen LogP contribution in [0.15, 0.2) is 33.5 Å². The van der Waals surface area contributed by atoms with Crippen LogP contribution in [0.1, 0.15) is 24.8 Å². The Morgan fingerprint density at radius 2 is 1.84 bits per heavy atom. The minimum atomic E-state index is -0.377. The van der Waals surface area contributed by atoms with Crippen molar-refractivity contribution in [2.75, 3.05) is 13.1 Å². The monoisotopic (exact) mass is 259 g/mol. The lowest BCUT2D eigenvalue weighted by Gasteiger charge is -2.26. The molecule has 0 amide bonds. The van der Waals surface area contributed by atoms with E-state index in [-0.39, 0.29) is 11.4 Å². The number of phenolic OH excluding ortho intramolecular Hbond substituents is 1. The topological polar surface area (TPSA) is 53.7 Å². The summed E-state index contributed by atoms with van der Waals surface area (Å²) in [6.07, 6.45) is 3.65. The molecule has 1 saturated heterocycles. The van der Waals surface area contributed by atoms with Crippen molar-refractivity contribution in [1.29, 1.82) is 0 Å². The Kier molecular flexibility index (Phi) is 3.25. The lowest BCUT2D eigenvalue weighted by molar-refractivity contribution is 0.218. The third kappa shape index (κ3) is 2.49. The van der Waals surface area contributed by atoms with Crippen molar-refractivity contribution in [1.82, 2.24) is 4.90 Å². The summed E-state index contributed by atoms with van der Waals surface area (Å²) < 4.78 is 5.27. The van der Waals surface area contributed by atoms with Crippen molar-refractivity contribution in [3.8, 4) is 5.75 Å². The van der Waals surface area contributed by atoms with Gasteiger partial charge in [-0.25, -0.2) is 4.79 Å². The van der Waals surface area contributed by atoms with E-state index in [1.165, 1.54) is 25.3 Å². The predicted molar refractivity (Wildman–Crippen MR) is 73.3 cm³/mol. The smallest absolute Gasteiger partial charge is 0.336 e. The highest BCUT2D eigenvalue weighted by Gasteiger charge is 2.16. The summed E-state index contributed by atoms with van der Waals surface area (Å²) in [7, 11) is 0. The zero-order valence-corrected chi connectivity index (χ0v) is 10.8. The first-order valence-electron chi connectivity index (χ1n) is 6.71. The third-order valence-electron chi connectivity index (χ3n) is 3.70. The Bertz CT molecular complexity index is 641. The van der Waals surface area contributed by atoms with Gasteiger partial charge < -0.3 is 9.52 Å². The number of rotatable bonds is 2. The van der Waals surface area contributed by atoms with E-state index in [2.05, 4.69) is 4.90 Å². The van der Waals surface area contributed by atoms with Crippen molar-refractivity contribution in [3.63, 3.8) is 0 Å². The molecule has 1 fully saturated rings. The molecule has 1 aliphatic rings. The normalized spacial score (nSPS) is 16.8. The summed E-state index contributed by atoms with van der Waals surface area (Å²) in [6.45, 7) is 2.70. The van der Waals surface area contributed by atoms with Gasteiger partial charge in [0.05, 0.1) is 5.56 Å². The highest BCUT2D eigenvalue weighted by Crippen LogP contribution is 2.28. The van der Waals surface area contributed by atoms with Crippen LogP contribution in [-0.2, 0) is 6.54 Å². The molecule has 0 bridgehead atoms. The summed E-state index contributed by atoms with van der Waals surface area (Å²) in [5.74, 6) is 0.201. The zero-order valence-electron chi connectivity index (χ0n) is 10.8. The first-order chi connectivity index (χ1) is 9.24. The van der Waals surface area contributed by atoms with Crippen LogP contribution < -0.4 is 5.63 Å². The molecule has 0 atom stereocenters. The molecular weight excluding hydrogens is 242 g/mol. The molecule has 100 valence electrons. The summed E-state index contributed by atoms with van der Waals surface area (Å²) in [5, 5.41) is 10.9. The Hall–Kier alpha value is -1.81. The molecule has 0 spiro atoms. The predicted octanol–water partition coefficient (Wildman–Crippen LogP) is 2.48. The molecular formula is C15H17NO3. The van der Waals surface area contributed by atoms with Crippen LogP contribution in [0.25, 0.3) is 11.0 Å². The van der Waals surface area contributed by atoms with Gasteiger partial charge >= 0.3 is 5.63 Å². The van der Waals surface area contributed by atoms with Crippen molar-refractivity contribution < 1.29 is 9.52 Å². The molecule has 1 aromatic heterocycles. The van der Waals surface area contributed by atoms with Crippen LogP contribution >= 0.6 is 0 Å². The highest BCUT2D eigenvalue weighted by atomic mass is 16.4. The maximum absolute atomic E-state index is 11.4. The van der Waals surface area contributed by atoms with Crippen molar-refractivity contribution in [3.05, 3.63) is 40.2 Å². The fraction of sp³-hybridized carbons (Fsp3) is 0.400. The van der Waals surface area contributed by atoms with Gasteiger partial charge in [0.2, 0.25) is 0 Å². The van der Waals surface area contributed by atoms with Gasteiger partial charge in [0.25, 0.3) is 0 Å². The minimum absolute atomic E-state index is 0.201. The van der Waals surface area contributed by atoms with Crippen LogP contribution in [0.5, 0.6) is 5.75 Å². The molecule has 4 nitrogen and oxygen atoms in total. The standard InChI is InChI=1S/C15H17NO3/c17-13-6-4-11-5-7-14(18)19-15(11)12(13)10-16-8-2-1-3-9-16/h4-7,17H,1-3,8-10H2. The summed E-state index contributed by atoms with van der Waals surface area (Å²) in [6, 6.07) is 6.58.